The normalized spacial score (nSPS) is 9.80. The molecule has 2 aromatic rings. The van der Waals surface area contributed by atoms with Crippen molar-refractivity contribution in [3.05, 3.63) is 57.5 Å². The van der Waals surface area contributed by atoms with Crippen molar-refractivity contribution in [1.82, 2.24) is 9.97 Å². The summed E-state index contributed by atoms with van der Waals surface area (Å²) in [7, 11) is 0. The number of nitriles is 1. The van der Waals surface area contributed by atoms with Crippen molar-refractivity contribution in [2.75, 3.05) is 5.32 Å². The minimum atomic E-state index is -0.534. The monoisotopic (exact) mass is 269 g/mol. The highest BCUT2D eigenvalue weighted by Crippen LogP contribution is 2.21. The van der Waals surface area contributed by atoms with Gasteiger partial charge in [-0.2, -0.15) is 5.26 Å². The van der Waals surface area contributed by atoms with E-state index >= 15 is 0 Å². The summed E-state index contributed by atoms with van der Waals surface area (Å²) in [5, 5.41) is 22.6. The molecule has 1 heterocycles. The first kappa shape index (κ1) is 13.4. The van der Waals surface area contributed by atoms with Crippen molar-refractivity contribution >= 4 is 11.5 Å². The predicted octanol–water partition coefficient (Wildman–Crippen LogP) is 2.18. The molecule has 0 saturated carbocycles. The average molecular weight is 269 g/mol. The molecule has 0 amide bonds. The van der Waals surface area contributed by atoms with Gasteiger partial charge in [-0.1, -0.05) is 12.1 Å². The van der Waals surface area contributed by atoms with Gasteiger partial charge in [-0.3, -0.25) is 10.1 Å². The molecule has 0 unspecified atom stereocenters. The zero-order valence-corrected chi connectivity index (χ0v) is 10.7. The second-order valence-electron chi connectivity index (χ2n) is 4.07. The summed E-state index contributed by atoms with van der Waals surface area (Å²) in [5.74, 6) is 0.619. The molecule has 0 aliphatic carbocycles. The highest BCUT2D eigenvalue weighted by Gasteiger charge is 2.15. The number of nitrogens with zero attached hydrogens (tertiary/aromatic N) is 4. The molecule has 7 heteroatoms. The summed E-state index contributed by atoms with van der Waals surface area (Å²) in [6.45, 7) is 2.00. The third kappa shape index (κ3) is 3.05. The average Bonchev–Trinajstić information content (AvgIpc) is 2.45. The second kappa shape index (κ2) is 5.75. The molecule has 100 valence electrons. The SMILES string of the molecule is Cc1ncc([N+](=O)[O-])c(NCc2cccc(C#N)c2)n1. The van der Waals surface area contributed by atoms with Crippen LogP contribution in [0.4, 0.5) is 11.5 Å². The molecule has 0 saturated heterocycles. The third-order valence-corrected chi connectivity index (χ3v) is 2.60. The fourth-order valence-electron chi connectivity index (χ4n) is 1.66. The molecule has 0 fully saturated rings. The zero-order chi connectivity index (χ0) is 14.5. The van der Waals surface area contributed by atoms with Crippen molar-refractivity contribution < 1.29 is 4.92 Å². The van der Waals surface area contributed by atoms with E-state index in [2.05, 4.69) is 15.3 Å². The number of hydrogen-bond donors (Lipinski definition) is 1. The number of aromatic nitrogens is 2. The van der Waals surface area contributed by atoms with Crippen LogP contribution in [0, 0.1) is 28.4 Å². The van der Waals surface area contributed by atoms with Crippen molar-refractivity contribution in [3.8, 4) is 6.07 Å². The van der Waals surface area contributed by atoms with Crippen LogP contribution in [0.5, 0.6) is 0 Å². The fourth-order valence-corrected chi connectivity index (χ4v) is 1.66. The first-order valence-corrected chi connectivity index (χ1v) is 5.81. The third-order valence-electron chi connectivity index (χ3n) is 2.60. The molecule has 0 atom stereocenters. The van der Waals surface area contributed by atoms with E-state index in [9.17, 15) is 10.1 Å². The van der Waals surface area contributed by atoms with Crippen LogP contribution in [-0.4, -0.2) is 14.9 Å². The van der Waals surface area contributed by atoms with E-state index < -0.39 is 4.92 Å². The summed E-state index contributed by atoms with van der Waals surface area (Å²) in [6, 6.07) is 9.04. The van der Waals surface area contributed by atoms with E-state index in [1.54, 1.807) is 25.1 Å². The Morgan fingerprint density at radius 2 is 2.30 bits per heavy atom. The molecular weight excluding hydrogens is 258 g/mol. The molecule has 7 nitrogen and oxygen atoms in total. The van der Waals surface area contributed by atoms with Crippen LogP contribution >= 0.6 is 0 Å². The minimum Gasteiger partial charge on any atom is -0.360 e. The number of nitro groups is 1. The molecule has 0 radical (unpaired) electrons. The van der Waals surface area contributed by atoms with Gasteiger partial charge in [-0.25, -0.2) is 9.97 Å². The Bertz CT molecular complexity index is 693. The predicted molar refractivity (Wildman–Crippen MR) is 71.9 cm³/mol. The van der Waals surface area contributed by atoms with E-state index in [1.165, 1.54) is 6.20 Å². The Morgan fingerprint density at radius 1 is 1.50 bits per heavy atom. The van der Waals surface area contributed by atoms with E-state index in [-0.39, 0.29) is 11.5 Å². The molecule has 0 bridgehead atoms. The highest BCUT2D eigenvalue weighted by molar-refractivity contribution is 5.54. The molecule has 0 aliphatic heterocycles. The Hall–Kier alpha value is -3.01. The smallest absolute Gasteiger partial charge is 0.329 e. The lowest BCUT2D eigenvalue weighted by molar-refractivity contribution is -0.384. The molecule has 20 heavy (non-hydrogen) atoms. The number of anilines is 1. The van der Waals surface area contributed by atoms with E-state index in [1.807, 2.05) is 12.1 Å². The van der Waals surface area contributed by atoms with Gasteiger partial charge >= 0.3 is 5.69 Å². The molecule has 2 rings (SSSR count). The molecule has 0 spiro atoms. The lowest BCUT2D eigenvalue weighted by atomic mass is 10.1. The lowest BCUT2D eigenvalue weighted by Gasteiger charge is -2.06. The van der Waals surface area contributed by atoms with Gasteiger partial charge in [0.25, 0.3) is 0 Å². The standard InChI is InChI=1S/C13H11N5O2/c1-9-15-8-12(18(19)20)13(17-9)16-7-11-4-2-3-10(5-11)6-14/h2-5,8H,7H2,1H3,(H,15,16,17). The van der Waals surface area contributed by atoms with E-state index in [0.29, 0.717) is 17.9 Å². The Morgan fingerprint density at radius 3 is 3.00 bits per heavy atom. The van der Waals surface area contributed by atoms with Crippen molar-refractivity contribution in [2.45, 2.75) is 13.5 Å². The largest absolute Gasteiger partial charge is 0.360 e. The van der Waals surface area contributed by atoms with Gasteiger partial charge in [0.05, 0.1) is 16.6 Å². The summed E-state index contributed by atoms with van der Waals surface area (Å²) in [5.41, 5.74) is 1.21. The maximum atomic E-state index is 10.9. The Balaban J connectivity index is 2.20. The molecular formula is C13H11N5O2. The van der Waals surface area contributed by atoms with Crippen LogP contribution in [0.3, 0.4) is 0 Å². The molecule has 1 aromatic carbocycles. The van der Waals surface area contributed by atoms with Crippen LogP contribution in [0.15, 0.2) is 30.5 Å². The number of hydrogen-bond acceptors (Lipinski definition) is 6. The Labute approximate surface area is 115 Å². The van der Waals surface area contributed by atoms with Crippen molar-refractivity contribution in [3.63, 3.8) is 0 Å². The summed E-state index contributed by atoms with van der Waals surface area (Å²) in [4.78, 5) is 18.2. The van der Waals surface area contributed by atoms with Gasteiger partial charge in [-0.15, -0.1) is 0 Å². The first-order chi connectivity index (χ1) is 9.60. The second-order valence-corrected chi connectivity index (χ2v) is 4.07. The molecule has 1 aromatic heterocycles. The fraction of sp³-hybridized carbons (Fsp3) is 0.154. The maximum Gasteiger partial charge on any atom is 0.329 e. The van der Waals surface area contributed by atoms with Gasteiger partial charge in [0.2, 0.25) is 5.82 Å². The summed E-state index contributed by atoms with van der Waals surface area (Å²) >= 11 is 0. The Kier molecular flexibility index (Phi) is 3.86. The van der Waals surface area contributed by atoms with Crippen molar-refractivity contribution in [1.29, 1.82) is 5.26 Å². The van der Waals surface area contributed by atoms with Gasteiger partial charge in [0.1, 0.15) is 12.0 Å². The lowest BCUT2D eigenvalue weighted by Crippen LogP contribution is -2.06. The molecule has 1 N–H and O–H groups in total. The quantitative estimate of drug-likeness (QED) is 0.673. The van der Waals surface area contributed by atoms with Crippen LogP contribution in [0.2, 0.25) is 0 Å². The first-order valence-electron chi connectivity index (χ1n) is 5.81. The van der Waals surface area contributed by atoms with Crippen LogP contribution in [-0.2, 0) is 6.54 Å². The van der Waals surface area contributed by atoms with Crippen LogP contribution in [0.1, 0.15) is 17.0 Å². The maximum absolute atomic E-state index is 10.9. The number of nitrogens with one attached hydrogen (secondary N) is 1. The minimum absolute atomic E-state index is 0.171. The van der Waals surface area contributed by atoms with Gasteiger partial charge in [-0.05, 0) is 24.6 Å². The zero-order valence-electron chi connectivity index (χ0n) is 10.7. The topological polar surface area (TPSA) is 105 Å². The van der Waals surface area contributed by atoms with Gasteiger partial charge in [0, 0.05) is 6.54 Å². The highest BCUT2D eigenvalue weighted by atomic mass is 16.6. The van der Waals surface area contributed by atoms with Gasteiger partial charge in [0.15, 0.2) is 0 Å². The number of benzene rings is 1. The van der Waals surface area contributed by atoms with Crippen LogP contribution < -0.4 is 5.32 Å². The summed E-state index contributed by atoms with van der Waals surface area (Å²) in [6.07, 6.45) is 1.18. The number of rotatable bonds is 4. The summed E-state index contributed by atoms with van der Waals surface area (Å²) < 4.78 is 0. The van der Waals surface area contributed by atoms with Crippen molar-refractivity contribution in [2.24, 2.45) is 0 Å². The molecule has 0 aliphatic rings. The number of aryl methyl sites for hydroxylation is 1. The van der Waals surface area contributed by atoms with E-state index in [4.69, 9.17) is 5.26 Å². The van der Waals surface area contributed by atoms with E-state index in [0.717, 1.165) is 5.56 Å². The van der Waals surface area contributed by atoms with Crippen LogP contribution in [0.25, 0.3) is 0 Å². The van der Waals surface area contributed by atoms with Gasteiger partial charge < -0.3 is 5.32 Å².